The second kappa shape index (κ2) is 5.68. The monoisotopic (exact) mass is 281 g/mol. The molecular weight excluding hydrogens is 268 g/mol. The maximum absolute atomic E-state index is 13.3. The number of rotatable bonds is 3. The van der Waals surface area contributed by atoms with E-state index >= 15 is 0 Å². The molecule has 0 saturated carbocycles. The van der Waals surface area contributed by atoms with Crippen LogP contribution in [-0.4, -0.2) is 0 Å². The zero-order valence-electron chi connectivity index (χ0n) is 10.5. The quantitative estimate of drug-likeness (QED) is 0.898. The standard InChI is InChI=1S/C15H14ClF2N/c1-9-5-11(7-12(17)6-9)14(19)8-10-3-2-4-13(18)15(10)16/h2-7,14H,8,19H2,1H3. The normalized spacial score (nSPS) is 12.5. The van der Waals surface area contributed by atoms with E-state index in [9.17, 15) is 8.78 Å². The Balaban J connectivity index is 2.25. The first-order valence-electron chi connectivity index (χ1n) is 5.93. The molecule has 4 heteroatoms. The topological polar surface area (TPSA) is 26.0 Å². The maximum Gasteiger partial charge on any atom is 0.142 e. The van der Waals surface area contributed by atoms with Crippen molar-refractivity contribution < 1.29 is 8.78 Å². The Labute approximate surface area is 116 Å². The highest BCUT2D eigenvalue weighted by Crippen LogP contribution is 2.25. The fourth-order valence-corrected chi connectivity index (χ4v) is 2.24. The van der Waals surface area contributed by atoms with Crippen molar-refractivity contribution in [1.29, 1.82) is 0 Å². The summed E-state index contributed by atoms with van der Waals surface area (Å²) in [6, 6.07) is 8.83. The highest BCUT2D eigenvalue weighted by Gasteiger charge is 2.13. The van der Waals surface area contributed by atoms with Crippen LogP contribution in [0.1, 0.15) is 22.7 Å². The zero-order chi connectivity index (χ0) is 14.0. The highest BCUT2D eigenvalue weighted by molar-refractivity contribution is 6.31. The fourth-order valence-electron chi connectivity index (χ4n) is 2.04. The Morgan fingerprint density at radius 2 is 1.95 bits per heavy atom. The predicted molar refractivity (Wildman–Crippen MR) is 73.2 cm³/mol. The Bertz CT molecular complexity index is 578. The van der Waals surface area contributed by atoms with Crippen molar-refractivity contribution >= 4 is 11.6 Å². The molecule has 1 atom stereocenters. The lowest BCUT2D eigenvalue weighted by Gasteiger charge is -2.14. The van der Waals surface area contributed by atoms with E-state index in [0.717, 1.165) is 5.56 Å². The smallest absolute Gasteiger partial charge is 0.142 e. The minimum atomic E-state index is -0.471. The molecule has 2 aromatic carbocycles. The van der Waals surface area contributed by atoms with E-state index in [-0.39, 0.29) is 10.8 Å². The van der Waals surface area contributed by atoms with Gasteiger partial charge in [0.15, 0.2) is 0 Å². The van der Waals surface area contributed by atoms with Gasteiger partial charge in [0.05, 0.1) is 5.02 Å². The van der Waals surface area contributed by atoms with Crippen molar-refractivity contribution in [1.82, 2.24) is 0 Å². The van der Waals surface area contributed by atoms with Crippen LogP contribution in [-0.2, 0) is 6.42 Å². The van der Waals surface area contributed by atoms with E-state index in [1.54, 1.807) is 19.1 Å². The number of hydrogen-bond donors (Lipinski definition) is 1. The largest absolute Gasteiger partial charge is 0.324 e. The van der Waals surface area contributed by atoms with Gasteiger partial charge in [-0.2, -0.15) is 0 Å². The summed E-state index contributed by atoms with van der Waals surface area (Å²) >= 11 is 5.88. The van der Waals surface area contributed by atoms with Gasteiger partial charge in [-0.3, -0.25) is 0 Å². The summed E-state index contributed by atoms with van der Waals surface area (Å²) in [5.74, 6) is -0.794. The minimum Gasteiger partial charge on any atom is -0.324 e. The van der Waals surface area contributed by atoms with E-state index in [1.807, 2.05) is 6.07 Å². The van der Waals surface area contributed by atoms with Crippen molar-refractivity contribution in [3.8, 4) is 0 Å². The molecule has 0 aliphatic rings. The van der Waals surface area contributed by atoms with Crippen LogP contribution in [0.3, 0.4) is 0 Å². The summed E-state index contributed by atoms with van der Waals surface area (Å²) in [6.45, 7) is 1.80. The molecule has 0 radical (unpaired) electrons. The van der Waals surface area contributed by atoms with Gasteiger partial charge in [0.25, 0.3) is 0 Å². The molecule has 0 aliphatic carbocycles. The third kappa shape index (κ3) is 3.31. The summed E-state index contributed by atoms with van der Waals surface area (Å²) in [5, 5.41) is 0.0751. The number of halogens is 3. The van der Waals surface area contributed by atoms with Gasteiger partial charge in [-0.1, -0.05) is 29.8 Å². The molecule has 0 fully saturated rings. The van der Waals surface area contributed by atoms with Crippen LogP contribution in [0.15, 0.2) is 36.4 Å². The lowest BCUT2D eigenvalue weighted by atomic mass is 9.98. The molecule has 0 aromatic heterocycles. The van der Waals surface area contributed by atoms with Crippen LogP contribution in [0, 0.1) is 18.6 Å². The van der Waals surface area contributed by atoms with Gasteiger partial charge in [0.1, 0.15) is 11.6 Å². The molecule has 2 aromatic rings. The molecule has 0 amide bonds. The van der Waals surface area contributed by atoms with Crippen molar-refractivity contribution in [2.75, 3.05) is 0 Å². The minimum absolute atomic E-state index is 0.0751. The summed E-state index contributed by atoms with van der Waals surface area (Å²) in [6.07, 6.45) is 0.361. The van der Waals surface area contributed by atoms with E-state index < -0.39 is 11.9 Å². The van der Waals surface area contributed by atoms with Gasteiger partial charge < -0.3 is 5.73 Å². The van der Waals surface area contributed by atoms with Gasteiger partial charge in [-0.15, -0.1) is 0 Å². The van der Waals surface area contributed by atoms with Crippen LogP contribution >= 0.6 is 11.6 Å². The van der Waals surface area contributed by atoms with Crippen molar-refractivity contribution in [2.24, 2.45) is 5.73 Å². The molecule has 2 rings (SSSR count). The molecular formula is C15H14ClF2N. The third-order valence-electron chi connectivity index (χ3n) is 2.96. The first-order chi connectivity index (χ1) is 8.97. The maximum atomic E-state index is 13.3. The molecule has 19 heavy (non-hydrogen) atoms. The SMILES string of the molecule is Cc1cc(F)cc(C(N)Cc2cccc(F)c2Cl)c1. The molecule has 0 heterocycles. The molecule has 1 unspecified atom stereocenters. The Morgan fingerprint density at radius 3 is 2.63 bits per heavy atom. The predicted octanol–water partition coefficient (Wildman–Crippen LogP) is 4.17. The first-order valence-corrected chi connectivity index (χ1v) is 6.30. The van der Waals surface area contributed by atoms with E-state index in [4.69, 9.17) is 17.3 Å². The number of hydrogen-bond acceptors (Lipinski definition) is 1. The molecule has 100 valence electrons. The average Bonchev–Trinajstić information content (AvgIpc) is 2.33. The van der Waals surface area contributed by atoms with Gasteiger partial charge in [0.2, 0.25) is 0 Å². The van der Waals surface area contributed by atoms with E-state index in [2.05, 4.69) is 0 Å². The van der Waals surface area contributed by atoms with E-state index in [0.29, 0.717) is 17.5 Å². The zero-order valence-corrected chi connectivity index (χ0v) is 11.2. The second-order valence-corrected chi connectivity index (χ2v) is 4.96. The van der Waals surface area contributed by atoms with Crippen LogP contribution in [0.4, 0.5) is 8.78 Å². The lowest BCUT2D eigenvalue weighted by Crippen LogP contribution is -2.14. The summed E-state index contributed by atoms with van der Waals surface area (Å²) in [5.41, 5.74) is 8.14. The average molecular weight is 282 g/mol. The van der Waals surface area contributed by atoms with Crippen LogP contribution in [0.25, 0.3) is 0 Å². The van der Waals surface area contributed by atoms with Crippen LogP contribution in [0.5, 0.6) is 0 Å². The van der Waals surface area contributed by atoms with E-state index in [1.165, 1.54) is 18.2 Å². The molecule has 0 saturated heterocycles. The van der Waals surface area contributed by atoms with Gasteiger partial charge in [0, 0.05) is 6.04 Å². The van der Waals surface area contributed by atoms with Gasteiger partial charge in [-0.25, -0.2) is 8.78 Å². The number of benzene rings is 2. The summed E-state index contributed by atoms with van der Waals surface area (Å²) in [4.78, 5) is 0. The fraction of sp³-hybridized carbons (Fsp3) is 0.200. The third-order valence-corrected chi connectivity index (χ3v) is 3.39. The molecule has 0 spiro atoms. The van der Waals surface area contributed by atoms with Gasteiger partial charge >= 0.3 is 0 Å². The molecule has 0 bridgehead atoms. The molecule has 0 aliphatic heterocycles. The number of aryl methyl sites for hydroxylation is 1. The molecule has 1 nitrogen and oxygen atoms in total. The summed E-state index contributed by atoms with van der Waals surface area (Å²) < 4.78 is 26.7. The lowest BCUT2D eigenvalue weighted by molar-refractivity contribution is 0.613. The number of nitrogens with two attached hydrogens (primary N) is 1. The Morgan fingerprint density at radius 1 is 1.21 bits per heavy atom. The summed E-state index contributed by atoms with van der Waals surface area (Å²) in [7, 11) is 0. The van der Waals surface area contributed by atoms with Crippen molar-refractivity contribution in [3.63, 3.8) is 0 Å². The van der Waals surface area contributed by atoms with Crippen molar-refractivity contribution in [2.45, 2.75) is 19.4 Å². The molecule has 2 N–H and O–H groups in total. The second-order valence-electron chi connectivity index (χ2n) is 4.59. The van der Waals surface area contributed by atoms with Crippen LogP contribution < -0.4 is 5.73 Å². The Hall–Kier alpha value is -1.45. The van der Waals surface area contributed by atoms with Crippen LogP contribution in [0.2, 0.25) is 5.02 Å². The highest BCUT2D eigenvalue weighted by atomic mass is 35.5. The Kier molecular flexibility index (Phi) is 4.17. The van der Waals surface area contributed by atoms with Crippen molar-refractivity contribution in [3.05, 3.63) is 69.7 Å². The van der Waals surface area contributed by atoms with Gasteiger partial charge in [-0.05, 0) is 48.2 Å². The first kappa shape index (κ1) is 14.0.